The molecule has 1 heterocycles. The number of carbonyl (C=O) groups is 1. The second kappa shape index (κ2) is 3.13. The normalized spacial score (nSPS) is 10.7. The molecule has 0 N–H and O–H groups in total. The molecule has 0 saturated heterocycles. The predicted molar refractivity (Wildman–Crippen MR) is 54.9 cm³/mol. The van der Waals surface area contributed by atoms with Crippen molar-refractivity contribution in [3.8, 4) is 0 Å². The van der Waals surface area contributed by atoms with Crippen molar-refractivity contribution in [1.82, 2.24) is 4.57 Å². The lowest BCUT2D eigenvalue weighted by Crippen LogP contribution is -2.21. The SMILES string of the molecule is Cn1cc(C(=O)[O-])c2cc(Br)ccc21. The number of aryl methyl sites for hydroxylation is 1. The highest BCUT2D eigenvalue weighted by Gasteiger charge is 2.06. The van der Waals surface area contributed by atoms with Crippen molar-refractivity contribution in [3.05, 3.63) is 34.4 Å². The van der Waals surface area contributed by atoms with Gasteiger partial charge in [-0.25, -0.2) is 0 Å². The summed E-state index contributed by atoms with van der Waals surface area (Å²) in [6.07, 6.45) is 1.56. The molecule has 14 heavy (non-hydrogen) atoms. The van der Waals surface area contributed by atoms with Gasteiger partial charge in [0.2, 0.25) is 0 Å². The number of aromatic nitrogens is 1. The van der Waals surface area contributed by atoms with E-state index in [0.717, 1.165) is 9.99 Å². The fourth-order valence-corrected chi connectivity index (χ4v) is 1.89. The Balaban J connectivity index is 2.85. The largest absolute Gasteiger partial charge is 0.545 e. The van der Waals surface area contributed by atoms with Gasteiger partial charge in [-0.05, 0) is 18.2 Å². The van der Waals surface area contributed by atoms with Crippen LogP contribution >= 0.6 is 15.9 Å². The molecular formula is C10H7BrNO2-. The van der Waals surface area contributed by atoms with E-state index in [1.165, 1.54) is 0 Å². The lowest BCUT2D eigenvalue weighted by molar-refractivity contribution is -0.254. The van der Waals surface area contributed by atoms with Crippen LogP contribution in [0.5, 0.6) is 0 Å². The number of rotatable bonds is 1. The Hall–Kier alpha value is -1.29. The van der Waals surface area contributed by atoms with Crippen molar-refractivity contribution in [2.45, 2.75) is 0 Å². The number of carboxylic acids is 1. The van der Waals surface area contributed by atoms with Gasteiger partial charge in [-0.2, -0.15) is 0 Å². The highest BCUT2D eigenvalue weighted by molar-refractivity contribution is 9.10. The minimum atomic E-state index is -1.14. The molecule has 0 amide bonds. The molecule has 0 unspecified atom stereocenters. The summed E-state index contributed by atoms with van der Waals surface area (Å²) in [4.78, 5) is 10.8. The fourth-order valence-electron chi connectivity index (χ4n) is 1.53. The highest BCUT2D eigenvalue weighted by atomic mass is 79.9. The van der Waals surface area contributed by atoms with Crippen molar-refractivity contribution < 1.29 is 9.90 Å². The number of aromatic carboxylic acids is 1. The van der Waals surface area contributed by atoms with Crippen molar-refractivity contribution in [2.24, 2.45) is 7.05 Å². The maximum absolute atomic E-state index is 10.8. The van der Waals surface area contributed by atoms with Crippen LogP contribution in [-0.4, -0.2) is 10.5 Å². The summed E-state index contributed by atoms with van der Waals surface area (Å²) in [6, 6.07) is 5.52. The first-order valence-electron chi connectivity index (χ1n) is 4.05. The summed E-state index contributed by atoms with van der Waals surface area (Å²) in [5.41, 5.74) is 1.11. The standard InChI is InChI=1S/C10H8BrNO2/c1-12-5-8(10(13)14)7-4-6(11)2-3-9(7)12/h2-5H,1H3,(H,13,14)/p-1. The van der Waals surface area contributed by atoms with Gasteiger partial charge in [-0.1, -0.05) is 15.9 Å². The fraction of sp³-hybridized carbons (Fsp3) is 0.100. The number of nitrogens with zero attached hydrogens (tertiary/aromatic N) is 1. The lowest BCUT2D eigenvalue weighted by Gasteiger charge is -1.99. The minimum Gasteiger partial charge on any atom is -0.545 e. The summed E-state index contributed by atoms with van der Waals surface area (Å²) in [5.74, 6) is -1.14. The van der Waals surface area contributed by atoms with E-state index in [0.29, 0.717) is 5.39 Å². The van der Waals surface area contributed by atoms with Gasteiger partial charge in [-0.3, -0.25) is 0 Å². The Morgan fingerprint density at radius 1 is 1.50 bits per heavy atom. The Bertz CT molecular complexity index is 516. The van der Waals surface area contributed by atoms with Gasteiger partial charge in [0.1, 0.15) is 0 Å². The van der Waals surface area contributed by atoms with Crippen LogP contribution in [0.25, 0.3) is 10.9 Å². The van der Waals surface area contributed by atoms with E-state index in [2.05, 4.69) is 15.9 Å². The Morgan fingerprint density at radius 3 is 2.86 bits per heavy atom. The average Bonchev–Trinajstić information content (AvgIpc) is 2.43. The molecule has 0 aliphatic rings. The van der Waals surface area contributed by atoms with E-state index in [9.17, 15) is 9.90 Å². The Labute approximate surface area is 89.1 Å². The maximum atomic E-state index is 10.8. The van der Waals surface area contributed by atoms with E-state index in [1.54, 1.807) is 16.8 Å². The monoisotopic (exact) mass is 252 g/mol. The van der Waals surface area contributed by atoms with Gasteiger partial charge in [-0.15, -0.1) is 0 Å². The Kier molecular flexibility index (Phi) is 2.07. The van der Waals surface area contributed by atoms with Crippen LogP contribution < -0.4 is 5.11 Å². The third kappa shape index (κ3) is 1.32. The van der Waals surface area contributed by atoms with E-state index in [-0.39, 0.29) is 5.56 Å². The quantitative estimate of drug-likeness (QED) is 0.769. The Morgan fingerprint density at radius 2 is 2.21 bits per heavy atom. The van der Waals surface area contributed by atoms with Gasteiger partial charge >= 0.3 is 0 Å². The first-order valence-corrected chi connectivity index (χ1v) is 4.85. The molecule has 4 heteroatoms. The molecule has 2 rings (SSSR count). The molecule has 0 aliphatic heterocycles. The van der Waals surface area contributed by atoms with Crippen molar-refractivity contribution in [1.29, 1.82) is 0 Å². The summed E-state index contributed by atoms with van der Waals surface area (Å²) < 4.78 is 2.63. The van der Waals surface area contributed by atoms with E-state index in [1.807, 2.05) is 19.2 Å². The maximum Gasteiger partial charge on any atom is 0.0736 e. The number of fused-ring (bicyclic) bond motifs is 1. The molecule has 0 aliphatic carbocycles. The molecule has 3 nitrogen and oxygen atoms in total. The molecular weight excluding hydrogens is 246 g/mol. The zero-order chi connectivity index (χ0) is 10.3. The number of benzene rings is 1. The second-order valence-electron chi connectivity index (χ2n) is 3.10. The van der Waals surface area contributed by atoms with Crippen LogP contribution in [0.1, 0.15) is 10.4 Å². The molecule has 0 atom stereocenters. The molecule has 0 saturated carbocycles. The topological polar surface area (TPSA) is 45.1 Å². The summed E-state index contributed by atoms with van der Waals surface area (Å²) in [5, 5.41) is 11.5. The molecule has 1 aromatic carbocycles. The number of halogens is 1. The summed E-state index contributed by atoms with van der Waals surface area (Å²) >= 11 is 3.30. The number of hydrogen-bond acceptors (Lipinski definition) is 2. The van der Waals surface area contributed by atoms with Gasteiger partial charge < -0.3 is 14.5 Å². The van der Waals surface area contributed by atoms with Crippen molar-refractivity contribution >= 4 is 32.8 Å². The van der Waals surface area contributed by atoms with Crippen LogP contribution in [0.4, 0.5) is 0 Å². The van der Waals surface area contributed by atoms with Crippen LogP contribution in [0.15, 0.2) is 28.9 Å². The first-order chi connectivity index (χ1) is 6.59. The molecule has 0 radical (unpaired) electrons. The van der Waals surface area contributed by atoms with E-state index < -0.39 is 5.97 Å². The summed E-state index contributed by atoms with van der Waals surface area (Å²) in [6.45, 7) is 0. The van der Waals surface area contributed by atoms with Crippen LogP contribution in [0, 0.1) is 0 Å². The smallest absolute Gasteiger partial charge is 0.0736 e. The van der Waals surface area contributed by atoms with Crippen molar-refractivity contribution in [2.75, 3.05) is 0 Å². The van der Waals surface area contributed by atoms with Crippen LogP contribution in [0.3, 0.4) is 0 Å². The number of hydrogen-bond donors (Lipinski definition) is 0. The summed E-state index contributed by atoms with van der Waals surface area (Å²) in [7, 11) is 1.81. The number of carboxylic acid groups (broad SMARTS) is 1. The van der Waals surface area contributed by atoms with Gasteiger partial charge in [0.25, 0.3) is 0 Å². The molecule has 2 aromatic rings. The first kappa shape index (κ1) is 9.27. The van der Waals surface area contributed by atoms with E-state index in [4.69, 9.17) is 0 Å². The highest BCUT2D eigenvalue weighted by Crippen LogP contribution is 2.23. The third-order valence-corrected chi connectivity index (χ3v) is 2.66. The molecule has 1 aromatic heterocycles. The third-order valence-electron chi connectivity index (χ3n) is 2.17. The molecule has 0 bridgehead atoms. The number of carbonyl (C=O) groups excluding carboxylic acids is 1. The molecule has 0 spiro atoms. The van der Waals surface area contributed by atoms with Gasteiger partial charge in [0.05, 0.1) is 5.97 Å². The van der Waals surface area contributed by atoms with E-state index >= 15 is 0 Å². The zero-order valence-corrected chi connectivity index (χ0v) is 9.04. The predicted octanol–water partition coefficient (Wildman–Crippen LogP) is 1.30. The minimum absolute atomic E-state index is 0.226. The molecule has 72 valence electrons. The lowest BCUT2D eigenvalue weighted by atomic mass is 10.2. The average molecular weight is 253 g/mol. The van der Waals surface area contributed by atoms with Crippen LogP contribution in [0.2, 0.25) is 0 Å². The molecule has 0 fully saturated rings. The second-order valence-corrected chi connectivity index (χ2v) is 4.02. The zero-order valence-electron chi connectivity index (χ0n) is 7.45. The van der Waals surface area contributed by atoms with Crippen molar-refractivity contribution in [3.63, 3.8) is 0 Å². The van der Waals surface area contributed by atoms with Gasteiger partial charge in [0.15, 0.2) is 0 Å². The van der Waals surface area contributed by atoms with Gasteiger partial charge in [0, 0.05) is 34.2 Å². The van der Waals surface area contributed by atoms with Crippen LogP contribution in [-0.2, 0) is 7.05 Å².